The summed E-state index contributed by atoms with van der Waals surface area (Å²) in [7, 11) is 0. The van der Waals surface area contributed by atoms with Gasteiger partial charge in [0.2, 0.25) is 0 Å². The molecule has 0 aromatic heterocycles. The van der Waals surface area contributed by atoms with E-state index in [9.17, 15) is 19.9 Å². The molecule has 0 radical (unpaired) electrons. The van der Waals surface area contributed by atoms with Crippen molar-refractivity contribution in [2.45, 2.75) is 58.3 Å². The van der Waals surface area contributed by atoms with E-state index in [1.54, 1.807) is 19.0 Å². The largest absolute Gasteiger partial charge is 0.461 e. The van der Waals surface area contributed by atoms with Gasteiger partial charge in [0.1, 0.15) is 6.61 Å². The Morgan fingerprint density at radius 1 is 1.30 bits per heavy atom. The molecule has 27 heavy (non-hydrogen) atoms. The number of benzene rings is 1. The minimum absolute atomic E-state index is 0.00843. The van der Waals surface area contributed by atoms with E-state index in [1.807, 2.05) is 0 Å². The lowest BCUT2D eigenvalue weighted by Gasteiger charge is -2.45. The molecule has 3 rings (SSSR count). The third-order valence-corrected chi connectivity index (χ3v) is 6.25. The number of nitro benzene ring substituents is 1. The average molecular weight is 373 g/mol. The first-order valence-electron chi connectivity index (χ1n) is 10.0. The molecule has 1 aromatic rings. The Labute approximate surface area is 160 Å². The SMILES string of the molecule is CB(O)C[C@H](C(=O)OCc1cccc([N+](=O)[O-])c1)C(C1CCC1)C1CCC1. The van der Waals surface area contributed by atoms with Crippen LogP contribution in [0.4, 0.5) is 5.69 Å². The van der Waals surface area contributed by atoms with Gasteiger partial charge in [-0.25, -0.2) is 0 Å². The third kappa shape index (κ3) is 4.89. The molecule has 0 heterocycles. The monoisotopic (exact) mass is 373 g/mol. The molecule has 1 atom stereocenters. The topological polar surface area (TPSA) is 89.7 Å². The molecule has 1 aromatic carbocycles. The summed E-state index contributed by atoms with van der Waals surface area (Å²) < 4.78 is 5.57. The number of carbonyl (C=O) groups is 1. The van der Waals surface area contributed by atoms with Crippen molar-refractivity contribution < 1.29 is 19.5 Å². The van der Waals surface area contributed by atoms with E-state index >= 15 is 0 Å². The molecule has 0 spiro atoms. The molecule has 0 bridgehead atoms. The van der Waals surface area contributed by atoms with E-state index < -0.39 is 11.8 Å². The van der Waals surface area contributed by atoms with Gasteiger partial charge in [-0.1, -0.05) is 57.5 Å². The van der Waals surface area contributed by atoms with Crippen molar-refractivity contribution in [3.8, 4) is 0 Å². The predicted molar refractivity (Wildman–Crippen MR) is 103 cm³/mol. The van der Waals surface area contributed by atoms with Crippen LogP contribution in [0, 0.1) is 33.8 Å². The highest BCUT2D eigenvalue weighted by atomic mass is 16.6. The van der Waals surface area contributed by atoms with Crippen molar-refractivity contribution in [2.75, 3.05) is 0 Å². The lowest BCUT2D eigenvalue weighted by molar-refractivity contribution is -0.384. The van der Waals surface area contributed by atoms with Gasteiger partial charge in [0.05, 0.1) is 10.8 Å². The van der Waals surface area contributed by atoms with Crippen molar-refractivity contribution >= 4 is 18.6 Å². The number of esters is 1. The van der Waals surface area contributed by atoms with Crippen molar-refractivity contribution in [3.63, 3.8) is 0 Å². The van der Waals surface area contributed by atoms with E-state index in [4.69, 9.17) is 4.74 Å². The number of rotatable bonds is 9. The fourth-order valence-electron chi connectivity index (χ4n) is 4.49. The summed E-state index contributed by atoms with van der Waals surface area (Å²) in [6, 6.07) is 6.18. The second-order valence-electron chi connectivity index (χ2n) is 8.19. The minimum atomic E-state index is -0.553. The molecule has 0 amide bonds. The molecule has 0 unspecified atom stereocenters. The van der Waals surface area contributed by atoms with Gasteiger partial charge in [0, 0.05) is 12.1 Å². The Hall–Kier alpha value is -1.89. The number of carbonyl (C=O) groups excluding carboxylic acids is 1. The lowest BCUT2D eigenvalue weighted by atomic mass is 9.54. The third-order valence-electron chi connectivity index (χ3n) is 6.25. The van der Waals surface area contributed by atoms with Gasteiger partial charge in [0.25, 0.3) is 12.6 Å². The quantitative estimate of drug-likeness (QED) is 0.305. The van der Waals surface area contributed by atoms with Gasteiger partial charge in [-0.05, 0) is 29.6 Å². The average Bonchev–Trinajstić information content (AvgIpc) is 2.54. The van der Waals surface area contributed by atoms with Gasteiger partial charge in [0.15, 0.2) is 0 Å². The summed E-state index contributed by atoms with van der Waals surface area (Å²) in [6.45, 7) is 1.20. The molecule has 6 nitrogen and oxygen atoms in total. The first kappa shape index (κ1) is 19.9. The summed E-state index contributed by atoms with van der Waals surface area (Å²) in [5.41, 5.74) is 0.600. The molecule has 2 saturated carbocycles. The fraction of sp³-hybridized carbons (Fsp3) is 0.650. The highest BCUT2D eigenvalue weighted by Crippen LogP contribution is 2.49. The van der Waals surface area contributed by atoms with Crippen LogP contribution in [0.2, 0.25) is 13.1 Å². The predicted octanol–water partition coefficient (Wildman–Crippen LogP) is 4.08. The smallest absolute Gasteiger partial charge is 0.308 e. The number of hydrogen-bond donors (Lipinski definition) is 1. The number of nitro groups is 1. The van der Waals surface area contributed by atoms with Crippen molar-refractivity contribution in [2.24, 2.45) is 23.7 Å². The van der Waals surface area contributed by atoms with E-state index in [2.05, 4.69) is 0 Å². The van der Waals surface area contributed by atoms with Crippen LogP contribution in [0.1, 0.15) is 44.1 Å². The second-order valence-corrected chi connectivity index (χ2v) is 8.19. The highest BCUT2D eigenvalue weighted by Gasteiger charge is 2.44. The van der Waals surface area contributed by atoms with E-state index in [-0.39, 0.29) is 24.2 Å². The van der Waals surface area contributed by atoms with E-state index in [0.29, 0.717) is 29.6 Å². The molecule has 2 aliphatic carbocycles. The summed E-state index contributed by atoms with van der Waals surface area (Å²) >= 11 is 0. The number of nitrogens with zero attached hydrogens (tertiary/aromatic N) is 1. The van der Waals surface area contributed by atoms with Crippen LogP contribution >= 0.6 is 0 Å². The maximum absolute atomic E-state index is 12.9. The Balaban J connectivity index is 1.69. The lowest BCUT2D eigenvalue weighted by Crippen LogP contribution is -2.42. The summed E-state index contributed by atoms with van der Waals surface area (Å²) in [5.74, 6) is 0.846. The second kappa shape index (κ2) is 8.87. The van der Waals surface area contributed by atoms with Crippen molar-refractivity contribution in [3.05, 3.63) is 39.9 Å². The van der Waals surface area contributed by atoms with E-state index in [0.717, 1.165) is 25.7 Å². The molecule has 2 fully saturated rings. The van der Waals surface area contributed by atoms with Gasteiger partial charge in [-0.15, -0.1) is 0 Å². The van der Waals surface area contributed by atoms with Crippen LogP contribution in [-0.4, -0.2) is 22.8 Å². The van der Waals surface area contributed by atoms with E-state index in [1.165, 1.54) is 25.0 Å². The van der Waals surface area contributed by atoms with Gasteiger partial charge < -0.3 is 9.76 Å². The van der Waals surface area contributed by atoms with Crippen LogP contribution in [0.3, 0.4) is 0 Å². The van der Waals surface area contributed by atoms with Gasteiger partial charge in [-0.2, -0.15) is 0 Å². The fourth-order valence-corrected chi connectivity index (χ4v) is 4.49. The first-order valence-corrected chi connectivity index (χ1v) is 10.0. The molecule has 2 aliphatic rings. The summed E-state index contributed by atoms with van der Waals surface area (Å²) in [4.78, 5) is 23.4. The van der Waals surface area contributed by atoms with Crippen molar-refractivity contribution in [1.29, 1.82) is 0 Å². The molecule has 146 valence electrons. The van der Waals surface area contributed by atoms with Crippen LogP contribution in [0.5, 0.6) is 0 Å². The molecule has 0 aliphatic heterocycles. The van der Waals surface area contributed by atoms with Crippen molar-refractivity contribution in [1.82, 2.24) is 0 Å². The maximum atomic E-state index is 12.9. The highest BCUT2D eigenvalue weighted by molar-refractivity contribution is 6.49. The molecular weight excluding hydrogens is 345 g/mol. The Morgan fingerprint density at radius 3 is 2.41 bits per heavy atom. The number of non-ortho nitro benzene ring substituents is 1. The zero-order valence-electron chi connectivity index (χ0n) is 15.9. The normalized spacial score (nSPS) is 18.5. The van der Waals surface area contributed by atoms with Crippen LogP contribution in [0.25, 0.3) is 0 Å². The zero-order valence-corrected chi connectivity index (χ0v) is 15.9. The zero-order chi connectivity index (χ0) is 19.4. The Bertz CT molecular complexity index is 658. The molecule has 0 saturated heterocycles. The summed E-state index contributed by atoms with van der Waals surface area (Å²) in [5, 5.41) is 20.9. The molecule has 7 heteroatoms. The number of hydrogen-bond acceptors (Lipinski definition) is 5. The Kier molecular flexibility index (Phi) is 6.53. The molecule has 1 N–H and O–H groups in total. The maximum Gasteiger partial charge on any atom is 0.308 e. The molecular formula is C20H28BNO5. The first-order chi connectivity index (χ1) is 13.0. The van der Waals surface area contributed by atoms with Crippen LogP contribution in [-0.2, 0) is 16.1 Å². The van der Waals surface area contributed by atoms with Gasteiger partial charge >= 0.3 is 5.97 Å². The standard InChI is InChI=1S/C20H28BNO5/c1-21(24)12-18(19(15-6-3-7-15)16-8-4-9-16)20(23)27-13-14-5-2-10-17(11-14)22(25)26/h2,5,10-11,15-16,18-19,24H,3-4,6-9,12-13H2,1H3/t18-/m0/s1. The van der Waals surface area contributed by atoms with Gasteiger partial charge in [-0.3, -0.25) is 14.9 Å². The van der Waals surface area contributed by atoms with Crippen LogP contribution in [0.15, 0.2) is 24.3 Å². The number of ether oxygens (including phenoxy) is 1. The minimum Gasteiger partial charge on any atom is -0.461 e. The summed E-state index contributed by atoms with van der Waals surface area (Å²) in [6.07, 6.45) is 7.51. The van der Waals surface area contributed by atoms with Crippen LogP contribution < -0.4 is 0 Å². The Morgan fingerprint density at radius 2 is 1.93 bits per heavy atom.